The van der Waals surface area contributed by atoms with Crippen LogP contribution in [0, 0.1) is 27.7 Å². The normalized spacial score (nSPS) is 13.9. The van der Waals surface area contributed by atoms with Crippen molar-refractivity contribution in [1.82, 2.24) is 0 Å². The molecule has 114 valence electrons. The highest BCUT2D eigenvalue weighted by atomic mass is 16.2. The van der Waals surface area contributed by atoms with Gasteiger partial charge >= 0.3 is 0 Å². The van der Waals surface area contributed by atoms with Gasteiger partial charge in [0.2, 0.25) is 0 Å². The predicted molar refractivity (Wildman–Crippen MR) is 91.8 cm³/mol. The zero-order valence-electron chi connectivity index (χ0n) is 13.9. The van der Waals surface area contributed by atoms with E-state index in [2.05, 4.69) is 39.8 Å². The van der Waals surface area contributed by atoms with E-state index < -0.39 is 0 Å². The molecule has 0 aliphatic carbocycles. The fraction of sp³-hybridized carbons (Fsp3) is 0.350. The second-order valence-corrected chi connectivity index (χ2v) is 6.44. The van der Waals surface area contributed by atoms with Crippen molar-refractivity contribution >= 4 is 11.6 Å². The van der Waals surface area contributed by atoms with Crippen molar-refractivity contribution in [2.45, 2.75) is 40.5 Å². The van der Waals surface area contributed by atoms with Crippen molar-refractivity contribution in [3.8, 4) is 0 Å². The summed E-state index contributed by atoms with van der Waals surface area (Å²) < 4.78 is 0. The summed E-state index contributed by atoms with van der Waals surface area (Å²) in [6, 6.07) is 10.4. The Labute approximate surface area is 132 Å². The zero-order chi connectivity index (χ0) is 15.9. The molecule has 0 aromatic heterocycles. The second-order valence-electron chi connectivity index (χ2n) is 6.44. The molecule has 0 spiro atoms. The van der Waals surface area contributed by atoms with Crippen molar-refractivity contribution < 1.29 is 4.79 Å². The first-order valence-electron chi connectivity index (χ1n) is 7.96. The number of amides is 1. The summed E-state index contributed by atoms with van der Waals surface area (Å²) in [5, 5.41) is 0. The molecule has 1 amide bonds. The molecular weight excluding hydrogens is 270 g/mol. The van der Waals surface area contributed by atoms with Crippen LogP contribution in [0.3, 0.4) is 0 Å². The first kappa shape index (κ1) is 14.8. The number of aryl methyl sites for hydroxylation is 4. The van der Waals surface area contributed by atoms with Crippen molar-refractivity contribution in [2.24, 2.45) is 0 Å². The van der Waals surface area contributed by atoms with Crippen molar-refractivity contribution in [2.75, 3.05) is 11.4 Å². The quantitative estimate of drug-likeness (QED) is 0.757. The number of carbonyl (C=O) groups is 1. The number of carbonyl (C=O) groups excluding carboxylic acids is 1. The maximum Gasteiger partial charge on any atom is 0.258 e. The van der Waals surface area contributed by atoms with Crippen LogP contribution in [-0.4, -0.2) is 12.5 Å². The Hall–Kier alpha value is -2.09. The van der Waals surface area contributed by atoms with Gasteiger partial charge in [-0.2, -0.15) is 0 Å². The van der Waals surface area contributed by atoms with Crippen LogP contribution < -0.4 is 4.90 Å². The molecule has 0 unspecified atom stereocenters. The van der Waals surface area contributed by atoms with Gasteiger partial charge in [-0.05, 0) is 86.6 Å². The van der Waals surface area contributed by atoms with Crippen molar-refractivity contribution in [3.05, 3.63) is 63.7 Å². The third kappa shape index (κ3) is 2.54. The van der Waals surface area contributed by atoms with Gasteiger partial charge in [0.25, 0.3) is 5.91 Å². The van der Waals surface area contributed by atoms with Gasteiger partial charge in [0.1, 0.15) is 0 Å². The summed E-state index contributed by atoms with van der Waals surface area (Å²) >= 11 is 0. The number of benzene rings is 2. The van der Waals surface area contributed by atoms with Crippen molar-refractivity contribution in [3.63, 3.8) is 0 Å². The Balaban J connectivity index is 2.03. The van der Waals surface area contributed by atoms with Crippen LogP contribution in [0.25, 0.3) is 0 Å². The van der Waals surface area contributed by atoms with E-state index in [4.69, 9.17) is 0 Å². The van der Waals surface area contributed by atoms with Gasteiger partial charge < -0.3 is 4.90 Å². The summed E-state index contributed by atoms with van der Waals surface area (Å²) in [4.78, 5) is 14.9. The smallest absolute Gasteiger partial charge is 0.258 e. The fourth-order valence-corrected chi connectivity index (χ4v) is 3.32. The molecule has 0 radical (unpaired) electrons. The number of nitrogens with zero attached hydrogens (tertiary/aromatic N) is 1. The van der Waals surface area contributed by atoms with Crippen LogP contribution in [0.5, 0.6) is 0 Å². The SMILES string of the molecule is Cc1cc(C)c2c(c1)N(C(=O)c1ccc(C)c(C)c1)CCC2. The summed E-state index contributed by atoms with van der Waals surface area (Å²) in [6.45, 7) is 9.19. The maximum absolute atomic E-state index is 13.0. The number of hydrogen-bond donors (Lipinski definition) is 0. The molecular formula is C20H23NO. The molecule has 0 N–H and O–H groups in total. The van der Waals surface area contributed by atoms with Crippen LogP contribution in [0.4, 0.5) is 5.69 Å². The standard InChI is InChI=1S/C20H23NO/c1-13-10-16(4)18-6-5-9-21(19(18)11-13)20(22)17-8-7-14(2)15(3)12-17/h7-8,10-12H,5-6,9H2,1-4H3. The van der Waals surface area contributed by atoms with Crippen molar-refractivity contribution in [1.29, 1.82) is 0 Å². The average molecular weight is 293 g/mol. The van der Waals surface area contributed by atoms with E-state index >= 15 is 0 Å². The van der Waals surface area contributed by atoms with Crippen LogP contribution in [-0.2, 0) is 6.42 Å². The molecule has 1 aliphatic rings. The van der Waals surface area contributed by atoms with Crippen LogP contribution in [0.15, 0.2) is 30.3 Å². The summed E-state index contributed by atoms with van der Waals surface area (Å²) in [5.41, 5.74) is 8.13. The molecule has 1 heterocycles. The van der Waals surface area contributed by atoms with Gasteiger partial charge in [-0.3, -0.25) is 4.79 Å². The van der Waals surface area contributed by atoms with Crippen LogP contribution in [0.1, 0.15) is 44.6 Å². The van der Waals surface area contributed by atoms with E-state index in [1.165, 1.54) is 27.8 Å². The minimum Gasteiger partial charge on any atom is -0.308 e. The van der Waals surface area contributed by atoms with E-state index in [-0.39, 0.29) is 5.91 Å². The molecule has 2 heteroatoms. The van der Waals surface area contributed by atoms with Gasteiger partial charge in [-0.25, -0.2) is 0 Å². The minimum absolute atomic E-state index is 0.119. The predicted octanol–water partition coefficient (Wildman–Crippen LogP) is 4.51. The maximum atomic E-state index is 13.0. The summed E-state index contributed by atoms with van der Waals surface area (Å²) in [7, 11) is 0. The van der Waals surface area contributed by atoms with Gasteiger partial charge in [-0.15, -0.1) is 0 Å². The summed E-state index contributed by atoms with van der Waals surface area (Å²) in [5.74, 6) is 0.119. The van der Waals surface area contributed by atoms with E-state index in [1.54, 1.807) is 0 Å². The largest absolute Gasteiger partial charge is 0.308 e. The van der Waals surface area contributed by atoms with E-state index in [0.717, 1.165) is 30.6 Å². The molecule has 22 heavy (non-hydrogen) atoms. The molecule has 0 fully saturated rings. The Kier molecular flexibility index (Phi) is 3.78. The first-order valence-corrected chi connectivity index (χ1v) is 7.96. The van der Waals surface area contributed by atoms with Gasteiger partial charge in [-0.1, -0.05) is 12.1 Å². The topological polar surface area (TPSA) is 20.3 Å². The lowest BCUT2D eigenvalue weighted by molar-refractivity contribution is 0.0985. The molecule has 2 aromatic carbocycles. The lowest BCUT2D eigenvalue weighted by atomic mass is 9.94. The second kappa shape index (κ2) is 5.60. The number of fused-ring (bicyclic) bond motifs is 1. The molecule has 0 atom stereocenters. The highest BCUT2D eigenvalue weighted by Crippen LogP contribution is 2.32. The molecule has 2 aromatic rings. The van der Waals surface area contributed by atoms with E-state index in [1.807, 2.05) is 23.1 Å². The highest BCUT2D eigenvalue weighted by Gasteiger charge is 2.25. The number of anilines is 1. The average Bonchev–Trinajstić information content (AvgIpc) is 2.49. The lowest BCUT2D eigenvalue weighted by Crippen LogP contribution is -2.35. The Morgan fingerprint density at radius 1 is 0.955 bits per heavy atom. The van der Waals surface area contributed by atoms with Gasteiger partial charge in [0, 0.05) is 17.8 Å². The van der Waals surface area contributed by atoms with E-state index in [0.29, 0.717) is 0 Å². The monoisotopic (exact) mass is 293 g/mol. The molecule has 0 bridgehead atoms. The number of rotatable bonds is 1. The minimum atomic E-state index is 0.119. The van der Waals surface area contributed by atoms with E-state index in [9.17, 15) is 4.79 Å². The molecule has 3 rings (SSSR count). The Morgan fingerprint density at radius 2 is 1.73 bits per heavy atom. The van der Waals surface area contributed by atoms with Gasteiger partial charge in [0.15, 0.2) is 0 Å². The zero-order valence-corrected chi connectivity index (χ0v) is 13.9. The van der Waals surface area contributed by atoms with Gasteiger partial charge in [0.05, 0.1) is 0 Å². The first-order chi connectivity index (χ1) is 10.5. The Bertz CT molecular complexity index is 746. The molecule has 0 saturated heterocycles. The molecule has 0 saturated carbocycles. The molecule has 1 aliphatic heterocycles. The van der Waals surface area contributed by atoms with Crippen LogP contribution in [0.2, 0.25) is 0 Å². The Morgan fingerprint density at radius 3 is 2.45 bits per heavy atom. The summed E-state index contributed by atoms with van der Waals surface area (Å²) in [6.07, 6.45) is 2.10. The van der Waals surface area contributed by atoms with Crippen LogP contribution >= 0.6 is 0 Å². The fourth-order valence-electron chi connectivity index (χ4n) is 3.32. The lowest BCUT2D eigenvalue weighted by Gasteiger charge is -2.31. The highest BCUT2D eigenvalue weighted by molar-refractivity contribution is 6.07. The third-order valence-electron chi connectivity index (χ3n) is 4.69. The number of hydrogen-bond acceptors (Lipinski definition) is 1. The molecule has 2 nitrogen and oxygen atoms in total. The third-order valence-corrected chi connectivity index (χ3v) is 4.69.